The molecule has 1 saturated heterocycles. The lowest BCUT2D eigenvalue weighted by atomic mass is 10.1. The summed E-state index contributed by atoms with van der Waals surface area (Å²) in [6.45, 7) is 7.44. The van der Waals surface area contributed by atoms with Gasteiger partial charge < -0.3 is 15.3 Å². The zero-order valence-electron chi connectivity index (χ0n) is 11.3. The molecule has 1 aromatic rings. The van der Waals surface area contributed by atoms with E-state index in [1.165, 1.54) is 5.69 Å². The topological polar surface area (TPSA) is 48.4 Å². The van der Waals surface area contributed by atoms with Gasteiger partial charge in [0.2, 0.25) is 0 Å². The minimum Gasteiger partial charge on any atom is -0.396 e. The fourth-order valence-electron chi connectivity index (χ4n) is 2.47. The monoisotopic (exact) mass is 249 g/mol. The lowest BCUT2D eigenvalue weighted by Crippen LogP contribution is -2.22. The van der Waals surface area contributed by atoms with E-state index in [0.717, 1.165) is 31.7 Å². The van der Waals surface area contributed by atoms with Gasteiger partial charge in [-0.05, 0) is 32.0 Å². The molecule has 2 rings (SSSR count). The van der Waals surface area contributed by atoms with Crippen molar-refractivity contribution in [2.24, 2.45) is 5.92 Å². The fourth-order valence-corrected chi connectivity index (χ4v) is 2.47. The third kappa shape index (κ3) is 3.00. The SMILES string of the molecule is CCNC(C)c1ccc(N2CCC(CO)C2)cn1. The van der Waals surface area contributed by atoms with Crippen LogP contribution in [0.25, 0.3) is 0 Å². The minimum absolute atomic E-state index is 0.291. The van der Waals surface area contributed by atoms with Gasteiger partial charge in [0.15, 0.2) is 0 Å². The van der Waals surface area contributed by atoms with Crippen molar-refractivity contribution < 1.29 is 5.11 Å². The molecule has 2 atom stereocenters. The predicted molar refractivity (Wildman–Crippen MR) is 73.7 cm³/mol. The van der Waals surface area contributed by atoms with Gasteiger partial charge in [-0.1, -0.05) is 6.92 Å². The minimum atomic E-state index is 0.291. The molecule has 1 fully saturated rings. The number of hydrogen-bond donors (Lipinski definition) is 2. The van der Waals surface area contributed by atoms with Gasteiger partial charge in [0.05, 0.1) is 17.6 Å². The molecule has 0 amide bonds. The van der Waals surface area contributed by atoms with E-state index in [1.807, 2.05) is 6.20 Å². The maximum absolute atomic E-state index is 9.16. The van der Waals surface area contributed by atoms with Crippen molar-refractivity contribution in [3.05, 3.63) is 24.0 Å². The maximum Gasteiger partial charge on any atom is 0.0572 e. The van der Waals surface area contributed by atoms with E-state index in [-0.39, 0.29) is 0 Å². The summed E-state index contributed by atoms with van der Waals surface area (Å²) < 4.78 is 0. The van der Waals surface area contributed by atoms with Gasteiger partial charge in [-0.25, -0.2) is 0 Å². The third-order valence-corrected chi connectivity index (χ3v) is 3.63. The van der Waals surface area contributed by atoms with Crippen molar-refractivity contribution in [1.82, 2.24) is 10.3 Å². The van der Waals surface area contributed by atoms with Gasteiger partial charge in [0, 0.05) is 31.7 Å². The van der Waals surface area contributed by atoms with Crippen LogP contribution in [0.3, 0.4) is 0 Å². The Morgan fingerprint density at radius 1 is 1.56 bits per heavy atom. The number of rotatable bonds is 5. The molecular weight excluding hydrogens is 226 g/mol. The van der Waals surface area contributed by atoms with Crippen LogP contribution < -0.4 is 10.2 Å². The molecule has 1 aliphatic heterocycles. The number of aromatic nitrogens is 1. The Bertz CT molecular complexity index is 366. The first-order valence-electron chi connectivity index (χ1n) is 6.79. The van der Waals surface area contributed by atoms with Crippen molar-refractivity contribution in [3.8, 4) is 0 Å². The molecule has 0 bridgehead atoms. The summed E-state index contributed by atoms with van der Waals surface area (Å²) in [4.78, 5) is 6.83. The molecule has 1 aliphatic rings. The number of aliphatic hydroxyl groups is 1. The van der Waals surface area contributed by atoms with Gasteiger partial charge >= 0.3 is 0 Å². The number of anilines is 1. The van der Waals surface area contributed by atoms with E-state index in [9.17, 15) is 0 Å². The average molecular weight is 249 g/mol. The van der Waals surface area contributed by atoms with Gasteiger partial charge in [-0.15, -0.1) is 0 Å². The second-order valence-corrected chi connectivity index (χ2v) is 5.00. The summed E-state index contributed by atoms with van der Waals surface area (Å²) in [5.41, 5.74) is 2.25. The molecule has 2 N–H and O–H groups in total. The molecule has 0 saturated carbocycles. The van der Waals surface area contributed by atoms with Crippen molar-refractivity contribution >= 4 is 5.69 Å². The molecule has 0 radical (unpaired) electrons. The number of nitrogens with one attached hydrogen (secondary N) is 1. The van der Waals surface area contributed by atoms with Crippen LogP contribution in [0.1, 0.15) is 32.0 Å². The second-order valence-electron chi connectivity index (χ2n) is 5.00. The van der Waals surface area contributed by atoms with Gasteiger partial charge in [0.25, 0.3) is 0 Å². The van der Waals surface area contributed by atoms with Gasteiger partial charge in [0.1, 0.15) is 0 Å². The molecule has 100 valence electrons. The molecule has 4 heteroatoms. The van der Waals surface area contributed by atoms with E-state index in [1.54, 1.807) is 0 Å². The Kier molecular flexibility index (Phi) is 4.55. The lowest BCUT2D eigenvalue weighted by Gasteiger charge is -2.19. The van der Waals surface area contributed by atoms with Gasteiger partial charge in [-0.2, -0.15) is 0 Å². The van der Waals surface area contributed by atoms with Crippen molar-refractivity contribution in [2.75, 3.05) is 31.1 Å². The third-order valence-electron chi connectivity index (χ3n) is 3.63. The summed E-state index contributed by atoms with van der Waals surface area (Å²) >= 11 is 0. The first-order valence-corrected chi connectivity index (χ1v) is 6.79. The molecule has 2 heterocycles. The van der Waals surface area contributed by atoms with E-state index in [2.05, 4.69) is 41.2 Å². The Hall–Kier alpha value is -1.13. The highest BCUT2D eigenvalue weighted by Gasteiger charge is 2.22. The Labute approximate surface area is 109 Å². The van der Waals surface area contributed by atoms with Crippen molar-refractivity contribution in [2.45, 2.75) is 26.3 Å². The van der Waals surface area contributed by atoms with E-state index < -0.39 is 0 Å². The Morgan fingerprint density at radius 2 is 2.39 bits per heavy atom. The smallest absolute Gasteiger partial charge is 0.0572 e. The summed E-state index contributed by atoms with van der Waals surface area (Å²) in [7, 11) is 0. The molecular formula is C14H23N3O. The standard InChI is InChI=1S/C14H23N3O/c1-3-15-11(2)14-5-4-13(8-16-14)17-7-6-12(9-17)10-18/h4-5,8,11-12,15,18H,3,6-7,9-10H2,1-2H3. The number of hydrogen-bond acceptors (Lipinski definition) is 4. The number of nitrogens with zero attached hydrogens (tertiary/aromatic N) is 2. The average Bonchev–Trinajstić information content (AvgIpc) is 2.88. The predicted octanol–water partition coefficient (Wildman–Crippen LogP) is 1.57. The van der Waals surface area contributed by atoms with E-state index >= 15 is 0 Å². The molecule has 0 aliphatic carbocycles. The number of aliphatic hydroxyl groups excluding tert-OH is 1. The molecule has 2 unspecified atom stereocenters. The first kappa shape index (κ1) is 13.3. The zero-order valence-corrected chi connectivity index (χ0v) is 11.3. The zero-order chi connectivity index (χ0) is 13.0. The molecule has 0 aromatic carbocycles. The first-order chi connectivity index (χ1) is 8.74. The van der Waals surface area contributed by atoms with E-state index in [4.69, 9.17) is 5.11 Å². The second kappa shape index (κ2) is 6.16. The summed E-state index contributed by atoms with van der Waals surface area (Å²) in [6.07, 6.45) is 3.02. The van der Waals surface area contributed by atoms with Crippen LogP contribution in [-0.4, -0.2) is 36.3 Å². The Balaban J connectivity index is 1.99. The van der Waals surface area contributed by atoms with Crippen LogP contribution >= 0.6 is 0 Å². The molecule has 18 heavy (non-hydrogen) atoms. The number of pyridine rings is 1. The fraction of sp³-hybridized carbons (Fsp3) is 0.643. The highest BCUT2D eigenvalue weighted by Crippen LogP contribution is 2.23. The maximum atomic E-state index is 9.16. The summed E-state index contributed by atoms with van der Waals surface area (Å²) in [6, 6.07) is 4.53. The molecule has 1 aromatic heterocycles. The molecule has 0 spiro atoms. The van der Waals surface area contributed by atoms with Crippen molar-refractivity contribution in [3.63, 3.8) is 0 Å². The highest BCUT2D eigenvalue weighted by molar-refractivity contribution is 5.45. The van der Waals surface area contributed by atoms with Crippen LogP contribution in [0, 0.1) is 5.92 Å². The van der Waals surface area contributed by atoms with Crippen LogP contribution in [-0.2, 0) is 0 Å². The molecule has 4 nitrogen and oxygen atoms in total. The Morgan fingerprint density at radius 3 is 2.94 bits per heavy atom. The quantitative estimate of drug-likeness (QED) is 0.831. The van der Waals surface area contributed by atoms with Crippen LogP contribution in [0.2, 0.25) is 0 Å². The van der Waals surface area contributed by atoms with Gasteiger partial charge in [-0.3, -0.25) is 4.98 Å². The van der Waals surface area contributed by atoms with E-state index in [0.29, 0.717) is 18.6 Å². The summed E-state index contributed by atoms with van der Waals surface area (Å²) in [5, 5.41) is 12.5. The van der Waals surface area contributed by atoms with Crippen LogP contribution in [0.5, 0.6) is 0 Å². The van der Waals surface area contributed by atoms with Crippen LogP contribution in [0.15, 0.2) is 18.3 Å². The largest absolute Gasteiger partial charge is 0.396 e. The van der Waals surface area contributed by atoms with Crippen LogP contribution in [0.4, 0.5) is 5.69 Å². The highest BCUT2D eigenvalue weighted by atomic mass is 16.3. The van der Waals surface area contributed by atoms with Crippen molar-refractivity contribution in [1.29, 1.82) is 0 Å². The lowest BCUT2D eigenvalue weighted by molar-refractivity contribution is 0.238. The summed E-state index contributed by atoms with van der Waals surface area (Å²) in [5.74, 6) is 0.422. The normalized spacial score (nSPS) is 21.3.